The van der Waals surface area contributed by atoms with Crippen molar-refractivity contribution in [1.29, 1.82) is 0 Å². The Bertz CT molecular complexity index is 1140. The second kappa shape index (κ2) is 8.37. The molecular formula is C24H26N4O4. The van der Waals surface area contributed by atoms with Gasteiger partial charge in [-0.05, 0) is 43.2 Å². The Morgan fingerprint density at radius 1 is 1.16 bits per heavy atom. The van der Waals surface area contributed by atoms with Gasteiger partial charge >= 0.3 is 6.03 Å². The molecule has 2 heterocycles. The zero-order chi connectivity index (χ0) is 23.0. The lowest BCUT2D eigenvalue weighted by atomic mass is 9.95. The Labute approximate surface area is 186 Å². The average molecular weight is 434 g/mol. The van der Waals surface area contributed by atoms with E-state index in [4.69, 9.17) is 4.74 Å². The number of rotatable bonds is 5. The number of nitrogens with one attached hydrogen (secondary N) is 2. The molecule has 0 bridgehead atoms. The first-order chi connectivity index (χ1) is 15.3. The molecule has 32 heavy (non-hydrogen) atoms. The van der Waals surface area contributed by atoms with Crippen LogP contribution in [0.5, 0.6) is 5.75 Å². The summed E-state index contributed by atoms with van der Waals surface area (Å²) in [5.41, 5.74) is 4.63. The highest BCUT2D eigenvalue weighted by molar-refractivity contribution is 6.04. The Morgan fingerprint density at radius 3 is 2.62 bits per heavy atom. The van der Waals surface area contributed by atoms with Crippen molar-refractivity contribution < 1.29 is 19.1 Å². The third-order valence-electron chi connectivity index (χ3n) is 6.01. The Balaban J connectivity index is 1.56. The highest BCUT2D eigenvalue weighted by Gasteiger charge is 2.44. The van der Waals surface area contributed by atoms with E-state index in [0.717, 1.165) is 11.1 Å². The number of urea groups is 1. The molecular weight excluding hydrogens is 408 g/mol. The third-order valence-corrected chi connectivity index (χ3v) is 6.01. The molecule has 0 saturated carbocycles. The fourth-order valence-electron chi connectivity index (χ4n) is 4.08. The maximum absolute atomic E-state index is 13.3. The molecule has 0 saturated heterocycles. The topological polar surface area (TPSA) is 91.0 Å². The van der Waals surface area contributed by atoms with Crippen LogP contribution >= 0.6 is 0 Å². The number of amides is 4. The van der Waals surface area contributed by atoms with E-state index in [2.05, 4.69) is 10.6 Å². The van der Waals surface area contributed by atoms with Gasteiger partial charge < -0.3 is 20.3 Å². The molecule has 0 aromatic heterocycles. The lowest BCUT2D eigenvalue weighted by Crippen LogP contribution is -2.45. The lowest BCUT2D eigenvalue weighted by molar-refractivity contribution is -0.130. The van der Waals surface area contributed by atoms with Gasteiger partial charge in [-0.3, -0.25) is 14.5 Å². The summed E-state index contributed by atoms with van der Waals surface area (Å²) < 4.78 is 5.44. The smallest absolute Gasteiger partial charge is 0.322 e. The van der Waals surface area contributed by atoms with E-state index in [9.17, 15) is 14.4 Å². The zero-order valence-electron chi connectivity index (χ0n) is 18.6. The minimum absolute atomic E-state index is 0.112. The van der Waals surface area contributed by atoms with Crippen LogP contribution in [0.2, 0.25) is 0 Å². The zero-order valence-corrected chi connectivity index (χ0v) is 18.6. The van der Waals surface area contributed by atoms with Gasteiger partial charge in [0, 0.05) is 18.3 Å². The predicted octanol–water partition coefficient (Wildman–Crippen LogP) is 2.74. The van der Waals surface area contributed by atoms with Crippen LogP contribution in [-0.4, -0.2) is 54.9 Å². The van der Waals surface area contributed by atoms with Gasteiger partial charge in [-0.25, -0.2) is 4.79 Å². The van der Waals surface area contributed by atoms with Gasteiger partial charge in [0.1, 0.15) is 12.3 Å². The highest BCUT2D eigenvalue weighted by Crippen LogP contribution is 2.38. The van der Waals surface area contributed by atoms with E-state index < -0.39 is 6.04 Å². The number of methoxy groups -OCH3 is 1. The van der Waals surface area contributed by atoms with Gasteiger partial charge in [0.25, 0.3) is 5.91 Å². The van der Waals surface area contributed by atoms with E-state index in [1.807, 2.05) is 50.2 Å². The number of benzene rings is 2. The van der Waals surface area contributed by atoms with Gasteiger partial charge in [-0.1, -0.05) is 24.3 Å². The monoisotopic (exact) mass is 434 g/mol. The summed E-state index contributed by atoms with van der Waals surface area (Å²) in [6.45, 7) is 4.05. The number of likely N-dealkylation sites (N-methyl/N-ethyl adjacent to an activating group) is 1. The second-order valence-corrected chi connectivity index (χ2v) is 8.05. The van der Waals surface area contributed by atoms with Crippen LogP contribution in [0, 0.1) is 13.8 Å². The van der Waals surface area contributed by atoms with Gasteiger partial charge in [0.15, 0.2) is 0 Å². The maximum atomic E-state index is 13.3. The van der Waals surface area contributed by atoms with E-state index in [1.54, 1.807) is 20.2 Å². The van der Waals surface area contributed by atoms with Crippen molar-refractivity contribution >= 4 is 23.5 Å². The minimum atomic E-state index is -0.648. The quantitative estimate of drug-likeness (QED) is 0.757. The summed E-state index contributed by atoms with van der Waals surface area (Å²) >= 11 is 0. The van der Waals surface area contributed by atoms with Crippen LogP contribution in [0.25, 0.3) is 0 Å². The molecule has 2 aromatic rings. The van der Waals surface area contributed by atoms with Gasteiger partial charge in [0.05, 0.1) is 31.0 Å². The molecule has 1 atom stereocenters. The SMILES string of the molecule is COc1ccccc1[C@@H]1NC(=O)N(C)C2=C1C(=O)N(CC(=O)Nc1ccc(C)c(C)c1)C2. The predicted molar refractivity (Wildman–Crippen MR) is 120 cm³/mol. The Hall–Kier alpha value is -3.81. The number of para-hydroxylation sites is 1. The van der Waals surface area contributed by atoms with E-state index in [-0.39, 0.29) is 30.9 Å². The fraction of sp³-hybridized carbons (Fsp3) is 0.292. The molecule has 4 amide bonds. The first-order valence-corrected chi connectivity index (χ1v) is 10.4. The van der Waals surface area contributed by atoms with Crippen LogP contribution < -0.4 is 15.4 Å². The fourth-order valence-corrected chi connectivity index (χ4v) is 4.08. The van der Waals surface area contributed by atoms with Crippen molar-refractivity contribution in [3.63, 3.8) is 0 Å². The second-order valence-electron chi connectivity index (χ2n) is 8.05. The minimum Gasteiger partial charge on any atom is -0.496 e. The van der Waals surface area contributed by atoms with Crippen molar-refractivity contribution in [1.82, 2.24) is 15.1 Å². The third kappa shape index (κ3) is 3.79. The average Bonchev–Trinajstić information content (AvgIpc) is 3.09. The number of aryl methyl sites for hydroxylation is 2. The number of hydrogen-bond acceptors (Lipinski definition) is 4. The van der Waals surface area contributed by atoms with Crippen LogP contribution in [-0.2, 0) is 9.59 Å². The molecule has 2 N–H and O–H groups in total. The van der Waals surface area contributed by atoms with Gasteiger partial charge in [0.2, 0.25) is 5.91 Å². The van der Waals surface area contributed by atoms with Crippen LogP contribution in [0.1, 0.15) is 22.7 Å². The summed E-state index contributed by atoms with van der Waals surface area (Å²) in [5.74, 6) is 0.00293. The molecule has 0 radical (unpaired) electrons. The first kappa shape index (κ1) is 21.4. The molecule has 166 valence electrons. The normalized spacial score (nSPS) is 17.9. The number of ether oxygens (including phenoxy) is 1. The number of carbonyl (C=O) groups excluding carboxylic acids is 3. The Morgan fingerprint density at radius 2 is 1.91 bits per heavy atom. The largest absolute Gasteiger partial charge is 0.496 e. The number of nitrogens with zero attached hydrogens (tertiary/aromatic N) is 2. The van der Waals surface area contributed by atoms with Crippen molar-refractivity contribution in [3.05, 3.63) is 70.4 Å². The van der Waals surface area contributed by atoms with E-state index in [1.165, 1.54) is 9.80 Å². The molecule has 2 aliphatic rings. The molecule has 8 heteroatoms. The molecule has 8 nitrogen and oxygen atoms in total. The maximum Gasteiger partial charge on any atom is 0.322 e. The summed E-state index contributed by atoms with van der Waals surface area (Å²) in [6.07, 6.45) is 0. The van der Waals surface area contributed by atoms with Gasteiger partial charge in [-0.2, -0.15) is 0 Å². The standard InChI is InChI=1S/C24H26N4O4/c1-14-9-10-16(11-15(14)2)25-20(29)13-28-12-18-21(23(28)30)22(26-24(31)27(18)3)17-7-5-6-8-19(17)32-4/h5-11,22H,12-13H2,1-4H3,(H,25,29)(H,26,31)/t22-/m0/s1. The summed E-state index contributed by atoms with van der Waals surface area (Å²) in [7, 11) is 3.17. The van der Waals surface area contributed by atoms with E-state index in [0.29, 0.717) is 28.3 Å². The van der Waals surface area contributed by atoms with Crippen LogP contribution in [0.3, 0.4) is 0 Å². The van der Waals surface area contributed by atoms with Crippen molar-refractivity contribution in [2.75, 3.05) is 32.6 Å². The molecule has 0 spiro atoms. The Kier molecular flexibility index (Phi) is 5.61. The lowest BCUT2D eigenvalue weighted by Gasteiger charge is -2.31. The summed E-state index contributed by atoms with van der Waals surface area (Å²) in [6, 6.07) is 12.0. The molecule has 2 aromatic carbocycles. The van der Waals surface area contributed by atoms with Crippen LogP contribution in [0.4, 0.5) is 10.5 Å². The van der Waals surface area contributed by atoms with E-state index >= 15 is 0 Å². The molecule has 4 rings (SSSR count). The number of hydrogen-bond donors (Lipinski definition) is 2. The molecule has 0 aliphatic carbocycles. The van der Waals surface area contributed by atoms with Crippen molar-refractivity contribution in [3.8, 4) is 5.75 Å². The molecule has 0 fully saturated rings. The number of carbonyl (C=O) groups is 3. The first-order valence-electron chi connectivity index (χ1n) is 10.4. The summed E-state index contributed by atoms with van der Waals surface area (Å²) in [5, 5.41) is 5.74. The molecule has 2 aliphatic heterocycles. The van der Waals surface area contributed by atoms with Crippen molar-refractivity contribution in [2.24, 2.45) is 0 Å². The summed E-state index contributed by atoms with van der Waals surface area (Å²) in [4.78, 5) is 41.5. The molecule has 0 unspecified atom stereocenters. The van der Waals surface area contributed by atoms with Crippen molar-refractivity contribution in [2.45, 2.75) is 19.9 Å². The van der Waals surface area contributed by atoms with Crippen LogP contribution in [0.15, 0.2) is 53.7 Å². The number of anilines is 1. The van der Waals surface area contributed by atoms with Gasteiger partial charge in [-0.15, -0.1) is 0 Å². The highest BCUT2D eigenvalue weighted by atomic mass is 16.5.